The fourth-order valence-electron chi connectivity index (χ4n) is 5.48. The molecule has 0 atom stereocenters. The lowest BCUT2D eigenvalue weighted by Gasteiger charge is -2.28. The molecule has 0 aromatic heterocycles. The third kappa shape index (κ3) is 13.1. The summed E-state index contributed by atoms with van der Waals surface area (Å²) in [6.07, 6.45) is 3.47. The molecule has 0 aliphatic carbocycles. The van der Waals surface area contributed by atoms with Crippen molar-refractivity contribution in [3.63, 3.8) is 0 Å². The van der Waals surface area contributed by atoms with Gasteiger partial charge in [0.15, 0.2) is 0 Å². The predicted molar refractivity (Wildman–Crippen MR) is 180 cm³/mol. The Balaban J connectivity index is 2.19. The van der Waals surface area contributed by atoms with Crippen molar-refractivity contribution in [2.24, 2.45) is 0 Å². The van der Waals surface area contributed by atoms with E-state index >= 15 is 0 Å². The molecule has 2 rings (SSSR count). The standard InChI is InChI=1S/C34H58O8Si2/c1-8-37-43(38-9-2,39-10-3)26-16-20-30-18-14-22-32(28-30)34(36-25-24-35-7)33-23-15-19-31(29-33)21-17-27-44(40-11-4,41-12-5)42-13-6/h14-15,18-19,22-23,28-29,34H,8-13,16-17,20-21,24-27H2,1-7H3. The van der Waals surface area contributed by atoms with E-state index in [1.165, 1.54) is 11.1 Å². The maximum atomic E-state index is 6.44. The summed E-state index contributed by atoms with van der Waals surface area (Å²) < 4.78 is 48.1. The van der Waals surface area contributed by atoms with Gasteiger partial charge in [0.2, 0.25) is 0 Å². The first-order chi connectivity index (χ1) is 21.4. The van der Waals surface area contributed by atoms with E-state index in [-0.39, 0.29) is 6.10 Å². The smallest absolute Gasteiger partial charge is 0.382 e. The minimum Gasteiger partial charge on any atom is -0.382 e. The average Bonchev–Trinajstić information content (AvgIpc) is 3.00. The minimum atomic E-state index is -2.66. The molecule has 0 heterocycles. The summed E-state index contributed by atoms with van der Waals surface area (Å²) in [4.78, 5) is 0. The summed E-state index contributed by atoms with van der Waals surface area (Å²) in [5.74, 6) is 0. The second kappa shape index (κ2) is 22.1. The molecule has 0 spiro atoms. The molecule has 0 N–H and O–H groups in total. The molecule has 0 unspecified atom stereocenters. The molecule has 0 aliphatic rings. The Morgan fingerprint density at radius 1 is 0.545 bits per heavy atom. The molecule has 0 radical (unpaired) electrons. The molecule has 0 aliphatic heterocycles. The molecule has 2 aromatic carbocycles. The van der Waals surface area contributed by atoms with Crippen LogP contribution in [-0.4, -0.2) is 77.6 Å². The van der Waals surface area contributed by atoms with E-state index in [4.69, 9.17) is 36.0 Å². The summed E-state index contributed by atoms with van der Waals surface area (Å²) in [6.45, 7) is 16.6. The quantitative estimate of drug-likeness (QED) is 0.0771. The first kappa shape index (κ1) is 38.7. The van der Waals surface area contributed by atoms with Gasteiger partial charge in [0, 0.05) is 58.8 Å². The Bertz CT molecular complexity index is 915. The SMILES string of the molecule is CCO[Si](CCCc1cccc(C(OCCOC)c2cccc(CCC[Si](OCC)(OCC)OCC)c2)c1)(OCC)OCC. The maximum absolute atomic E-state index is 6.44. The molecule has 8 nitrogen and oxygen atoms in total. The Labute approximate surface area is 269 Å². The summed E-state index contributed by atoms with van der Waals surface area (Å²) in [6, 6.07) is 19.0. The Kier molecular flexibility index (Phi) is 19.5. The summed E-state index contributed by atoms with van der Waals surface area (Å²) in [7, 11) is -3.63. The van der Waals surface area contributed by atoms with Crippen LogP contribution in [0, 0.1) is 0 Å². The van der Waals surface area contributed by atoms with E-state index in [1.54, 1.807) is 7.11 Å². The van der Waals surface area contributed by atoms with Gasteiger partial charge in [-0.05, 0) is 89.5 Å². The lowest BCUT2D eigenvalue weighted by molar-refractivity contribution is 0.0355. The highest BCUT2D eigenvalue weighted by atomic mass is 28.4. The molecule has 0 bridgehead atoms. The lowest BCUT2D eigenvalue weighted by atomic mass is 9.96. The van der Waals surface area contributed by atoms with E-state index in [0.29, 0.717) is 52.9 Å². The van der Waals surface area contributed by atoms with Crippen LogP contribution in [0.4, 0.5) is 0 Å². The van der Waals surface area contributed by atoms with Crippen LogP contribution in [0.2, 0.25) is 12.1 Å². The van der Waals surface area contributed by atoms with E-state index in [9.17, 15) is 0 Å². The fourth-order valence-corrected chi connectivity index (χ4v) is 10.7. The normalized spacial score (nSPS) is 12.4. The highest BCUT2D eigenvalue weighted by molar-refractivity contribution is 6.61. The highest BCUT2D eigenvalue weighted by Gasteiger charge is 2.40. The number of rotatable bonds is 26. The van der Waals surface area contributed by atoms with Crippen LogP contribution in [0.5, 0.6) is 0 Å². The lowest BCUT2D eigenvalue weighted by Crippen LogP contribution is -2.46. The van der Waals surface area contributed by atoms with Crippen molar-refractivity contribution in [1.29, 1.82) is 0 Å². The van der Waals surface area contributed by atoms with Crippen LogP contribution in [0.1, 0.15) is 82.7 Å². The third-order valence-corrected chi connectivity index (χ3v) is 13.5. The van der Waals surface area contributed by atoms with Gasteiger partial charge >= 0.3 is 17.6 Å². The van der Waals surface area contributed by atoms with Gasteiger partial charge < -0.3 is 36.0 Å². The molecular formula is C34H58O8Si2. The van der Waals surface area contributed by atoms with E-state index < -0.39 is 17.6 Å². The van der Waals surface area contributed by atoms with Gasteiger partial charge in [-0.2, -0.15) is 0 Å². The molecule has 2 aromatic rings. The molecule has 10 heteroatoms. The molecule has 250 valence electrons. The monoisotopic (exact) mass is 650 g/mol. The van der Waals surface area contributed by atoms with Gasteiger partial charge in [-0.1, -0.05) is 48.5 Å². The van der Waals surface area contributed by atoms with Gasteiger partial charge in [0.05, 0.1) is 13.2 Å². The van der Waals surface area contributed by atoms with Crippen molar-refractivity contribution in [1.82, 2.24) is 0 Å². The van der Waals surface area contributed by atoms with Gasteiger partial charge in [0.1, 0.15) is 6.10 Å². The first-order valence-corrected chi connectivity index (χ1v) is 20.4. The van der Waals surface area contributed by atoms with E-state index in [0.717, 1.165) is 48.9 Å². The Morgan fingerprint density at radius 2 is 0.932 bits per heavy atom. The van der Waals surface area contributed by atoms with Gasteiger partial charge in [-0.15, -0.1) is 0 Å². The van der Waals surface area contributed by atoms with Gasteiger partial charge in [0.25, 0.3) is 0 Å². The molecule has 0 amide bonds. The molecule has 44 heavy (non-hydrogen) atoms. The van der Waals surface area contributed by atoms with Crippen molar-refractivity contribution in [2.45, 2.75) is 85.4 Å². The summed E-state index contributed by atoms with van der Waals surface area (Å²) >= 11 is 0. The van der Waals surface area contributed by atoms with Gasteiger partial charge in [-0.3, -0.25) is 0 Å². The highest BCUT2D eigenvalue weighted by Crippen LogP contribution is 2.29. The zero-order chi connectivity index (χ0) is 32.1. The fraction of sp³-hybridized carbons (Fsp3) is 0.647. The molecule has 0 saturated carbocycles. The van der Waals surface area contributed by atoms with Crippen molar-refractivity contribution in [3.8, 4) is 0 Å². The summed E-state index contributed by atoms with van der Waals surface area (Å²) in [5.41, 5.74) is 4.79. The molecule has 0 saturated heterocycles. The van der Waals surface area contributed by atoms with E-state index in [2.05, 4.69) is 48.5 Å². The molecule has 0 fully saturated rings. The van der Waals surface area contributed by atoms with Crippen molar-refractivity contribution >= 4 is 17.6 Å². The maximum Gasteiger partial charge on any atom is 0.500 e. The van der Waals surface area contributed by atoms with Crippen LogP contribution >= 0.6 is 0 Å². The second-order valence-corrected chi connectivity index (χ2v) is 15.9. The second-order valence-electron chi connectivity index (χ2n) is 10.4. The zero-order valence-electron chi connectivity index (χ0n) is 28.4. The minimum absolute atomic E-state index is 0.197. The zero-order valence-corrected chi connectivity index (χ0v) is 30.4. The Hall–Kier alpha value is -1.45. The van der Waals surface area contributed by atoms with Crippen molar-refractivity contribution in [2.75, 3.05) is 60.0 Å². The van der Waals surface area contributed by atoms with Crippen LogP contribution in [0.3, 0.4) is 0 Å². The van der Waals surface area contributed by atoms with Crippen molar-refractivity contribution in [3.05, 3.63) is 70.8 Å². The van der Waals surface area contributed by atoms with Crippen LogP contribution < -0.4 is 0 Å². The van der Waals surface area contributed by atoms with Crippen LogP contribution in [0.25, 0.3) is 0 Å². The molecular weight excluding hydrogens is 593 g/mol. The van der Waals surface area contributed by atoms with Crippen molar-refractivity contribution < 1.29 is 36.0 Å². The van der Waals surface area contributed by atoms with E-state index in [1.807, 2.05) is 41.5 Å². The number of hydrogen-bond acceptors (Lipinski definition) is 8. The number of hydrogen-bond donors (Lipinski definition) is 0. The first-order valence-electron chi connectivity index (χ1n) is 16.6. The number of benzene rings is 2. The van der Waals surface area contributed by atoms with Crippen LogP contribution in [-0.2, 0) is 48.9 Å². The summed E-state index contributed by atoms with van der Waals surface area (Å²) in [5, 5.41) is 0. The topological polar surface area (TPSA) is 73.8 Å². The Morgan fingerprint density at radius 3 is 1.27 bits per heavy atom. The number of methoxy groups -OCH3 is 1. The third-order valence-electron chi connectivity index (χ3n) is 7.16. The predicted octanol–water partition coefficient (Wildman–Crippen LogP) is 7.40. The average molecular weight is 651 g/mol. The largest absolute Gasteiger partial charge is 0.500 e. The number of ether oxygens (including phenoxy) is 2. The van der Waals surface area contributed by atoms with Gasteiger partial charge in [-0.25, -0.2) is 0 Å². The van der Waals surface area contributed by atoms with Crippen LogP contribution in [0.15, 0.2) is 48.5 Å². The number of aryl methyl sites for hydroxylation is 2.